The molecule has 2 rings (SSSR count). The van der Waals surface area contributed by atoms with Gasteiger partial charge in [0.2, 0.25) is 0 Å². The van der Waals surface area contributed by atoms with Crippen molar-refractivity contribution in [2.75, 3.05) is 20.2 Å². The molecule has 0 saturated heterocycles. The normalized spacial score (nSPS) is 10.2. The number of ether oxygens (including phenoxy) is 1. The van der Waals surface area contributed by atoms with Crippen LogP contribution in [0.4, 0.5) is 0 Å². The predicted octanol–water partition coefficient (Wildman–Crippen LogP) is 3.30. The van der Waals surface area contributed by atoms with E-state index in [4.69, 9.17) is 4.74 Å². The van der Waals surface area contributed by atoms with Crippen molar-refractivity contribution in [2.45, 2.75) is 6.92 Å². The number of carbonyl (C=O) groups is 1. The molecule has 5 heteroatoms. The van der Waals surface area contributed by atoms with Crippen LogP contribution in [-0.4, -0.2) is 36.0 Å². The lowest BCUT2D eigenvalue weighted by molar-refractivity contribution is 0.0773. The molecule has 0 aliphatic heterocycles. The Morgan fingerprint density at radius 2 is 2.14 bits per heavy atom. The van der Waals surface area contributed by atoms with E-state index in [1.165, 1.54) is 0 Å². The van der Waals surface area contributed by atoms with Crippen molar-refractivity contribution in [3.05, 3.63) is 58.3 Å². The van der Waals surface area contributed by atoms with Crippen LogP contribution in [0.1, 0.15) is 15.9 Å². The maximum atomic E-state index is 12.2. The van der Waals surface area contributed by atoms with Gasteiger partial charge >= 0.3 is 0 Å². The molecule has 0 bridgehead atoms. The summed E-state index contributed by atoms with van der Waals surface area (Å²) >= 11 is 3.25. The predicted molar refractivity (Wildman–Crippen MR) is 85.6 cm³/mol. The van der Waals surface area contributed by atoms with Crippen LogP contribution < -0.4 is 4.74 Å². The third kappa shape index (κ3) is 4.56. The summed E-state index contributed by atoms with van der Waals surface area (Å²) in [6.45, 7) is 2.99. The lowest BCUT2D eigenvalue weighted by atomic mass is 10.2. The first kappa shape index (κ1) is 15.5. The van der Waals surface area contributed by atoms with E-state index in [0.29, 0.717) is 23.3 Å². The average Bonchev–Trinajstić information content (AvgIpc) is 2.47. The second-order valence-corrected chi connectivity index (χ2v) is 5.57. The van der Waals surface area contributed by atoms with Gasteiger partial charge in [-0.3, -0.25) is 4.79 Å². The van der Waals surface area contributed by atoms with E-state index in [0.717, 1.165) is 11.3 Å². The first-order valence-corrected chi connectivity index (χ1v) is 7.42. The zero-order valence-corrected chi connectivity index (χ0v) is 13.6. The smallest absolute Gasteiger partial charge is 0.255 e. The molecular formula is C16H17BrN2O2. The van der Waals surface area contributed by atoms with Gasteiger partial charge in [0, 0.05) is 13.2 Å². The van der Waals surface area contributed by atoms with Crippen molar-refractivity contribution in [2.24, 2.45) is 0 Å². The van der Waals surface area contributed by atoms with E-state index < -0.39 is 0 Å². The molecule has 1 amide bonds. The maximum absolute atomic E-state index is 12.2. The molecule has 0 atom stereocenters. The Balaban J connectivity index is 1.85. The first-order valence-electron chi connectivity index (χ1n) is 6.63. The second-order valence-electron chi connectivity index (χ2n) is 4.76. The fraction of sp³-hybridized carbons (Fsp3) is 0.250. The number of rotatable bonds is 5. The highest BCUT2D eigenvalue weighted by molar-refractivity contribution is 9.10. The number of nitrogens with zero attached hydrogens (tertiary/aromatic N) is 2. The first-order chi connectivity index (χ1) is 10.1. The van der Waals surface area contributed by atoms with Gasteiger partial charge in [-0.05, 0) is 52.7 Å². The maximum Gasteiger partial charge on any atom is 0.255 e. The van der Waals surface area contributed by atoms with Crippen molar-refractivity contribution in [1.29, 1.82) is 0 Å². The van der Waals surface area contributed by atoms with Gasteiger partial charge in [0.15, 0.2) is 0 Å². The molecule has 1 aromatic carbocycles. The molecule has 1 heterocycles. The summed E-state index contributed by atoms with van der Waals surface area (Å²) in [5, 5.41) is 0. The van der Waals surface area contributed by atoms with Crippen molar-refractivity contribution in [3.63, 3.8) is 0 Å². The Bertz CT molecular complexity index is 614. The Morgan fingerprint density at radius 1 is 1.33 bits per heavy atom. The molecule has 0 spiro atoms. The number of benzene rings is 1. The van der Waals surface area contributed by atoms with E-state index in [-0.39, 0.29) is 5.91 Å². The number of amides is 1. The van der Waals surface area contributed by atoms with Crippen molar-refractivity contribution in [3.8, 4) is 5.75 Å². The van der Waals surface area contributed by atoms with Gasteiger partial charge in [-0.1, -0.05) is 12.1 Å². The summed E-state index contributed by atoms with van der Waals surface area (Å²) in [6, 6.07) is 11.4. The minimum atomic E-state index is -0.0668. The van der Waals surface area contributed by atoms with Crippen LogP contribution in [0.25, 0.3) is 0 Å². The Morgan fingerprint density at radius 3 is 2.81 bits per heavy atom. The topological polar surface area (TPSA) is 42.4 Å². The Labute approximate surface area is 132 Å². The van der Waals surface area contributed by atoms with E-state index in [1.807, 2.05) is 31.2 Å². The van der Waals surface area contributed by atoms with Gasteiger partial charge in [-0.15, -0.1) is 0 Å². The van der Waals surface area contributed by atoms with Crippen LogP contribution in [0.2, 0.25) is 0 Å². The van der Waals surface area contributed by atoms with Crippen LogP contribution >= 0.6 is 15.9 Å². The van der Waals surface area contributed by atoms with Gasteiger partial charge in [0.1, 0.15) is 17.0 Å². The van der Waals surface area contributed by atoms with E-state index in [1.54, 1.807) is 30.3 Å². The van der Waals surface area contributed by atoms with Gasteiger partial charge in [-0.2, -0.15) is 0 Å². The molecule has 0 aliphatic rings. The minimum absolute atomic E-state index is 0.0668. The molecule has 0 fully saturated rings. The number of pyridine rings is 1. The molecule has 0 unspecified atom stereocenters. The van der Waals surface area contributed by atoms with Crippen molar-refractivity contribution < 1.29 is 9.53 Å². The second kappa shape index (κ2) is 7.22. The number of aryl methyl sites for hydroxylation is 1. The molecule has 0 aliphatic carbocycles. The lowest BCUT2D eigenvalue weighted by Gasteiger charge is -2.17. The van der Waals surface area contributed by atoms with Crippen LogP contribution in [0.15, 0.2) is 47.2 Å². The van der Waals surface area contributed by atoms with Crippen LogP contribution in [0, 0.1) is 6.92 Å². The highest BCUT2D eigenvalue weighted by Crippen LogP contribution is 2.12. The molecule has 1 aromatic heterocycles. The fourth-order valence-electron chi connectivity index (χ4n) is 1.83. The van der Waals surface area contributed by atoms with E-state index in [2.05, 4.69) is 20.9 Å². The molecule has 0 N–H and O–H groups in total. The van der Waals surface area contributed by atoms with E-state index >= 15 is 0 Å². The summed E-state index contributed by atoms with van der Waals surface area (Å²) in [5.41, 5.74) is 1.72. The third-order valence-corrected chi connectivity index (χ3v) is 3.48. The largest absolute Gasteiger partial charge is 0.492 e. The van der Waals surface area contributed by atoms with Gasteiger partial charge in [0.05, 0.1) is 12.1 Å². The lowest BCUT2D eigenvalue weighted by Crippen LogP contribution is -2.30. The number of halogens is 1. The van der Waals surface area contributed by atoms with Gasteiger partial charge in [0.25, 0.3) is 5.91 Å². The SMILES string of the molecule is Cc1cccc(OCCN(C)C(=O)c2ccc(Br)nc2)c1. The highest BCUT2D eigenvalue weighted by Gasteiger charge is 2.11. The van der Waals surface area contributed by atoms with E-state index in [9.17, 15) is 4.79 Å². The van der Waals surface area contributed by atoms with Crippen LogP contribution in [0.3, 0.4) is 0 Å². The quantitative estimate of drug-likeness (QED) is 0.778. The number of aromatic nitrogens is 1. The Kier molecular flexibility index (Phi) is 5.33. The molecule has 0 saturated carbocycles. The highest BCUT2D eigenvalue weighted by atomic mass is 79.9. The average molecular weight is 349 g/mol. The monoisotopic (exact) mass is 348 g/mol. The molecule has 2 aromatic rings. The summed E-state index contributed by atoms with van der Waals surface area (Å²) in [4.78, 5) is 17.9. The third-order valence-electron chi connectivity index (χ3n) is 3.01. The molecule has 0 radical (unpaired) electrons. The Hall–Kier alpha value is -1.88. The summed E-state index contributed by atoms with van der Waals surface area (Å²) < 4.78 is 6.36. The summed E-state index contributed by atoms with van der Waals surface area (Å²) in [7, 11) is 1.75. The molecule has 110 valence electrons. The molecular weight excluding hydrogens is 332 g/mol. The zero-order chi connectivity index (χ0) is 15.2. The van der Waals surface area contributed by atoms with Crippen molar-refractivity contribution >= 4 is 21.8 Å². The fourth-order valence-corrected chi connectivity index (χ4v) is 2.06. The standard InChI is InChI=1S/C16H17BrN2O2/c1-12-4-3-5-14(10-12)21-9-8-19(2)16(20)13-6-7-15(17)18-11-13/h3-7,10-11H,8-9H2,1-2H3. The zero-order valence-electron chi connectivity index (χ0n) is 12.0. The van der Waals surface area contributed by atoms with Gasteiger partial charge in [-0.25, -0.2) is 4.98 Å². The number of likely N-dealkylation sites (N-methyl/N-ethyl adjacent to an activating group) is 1. The molecule has 21 heavy (non-hydrogen) atoms. The summed E-state index contributed by atoms with van der Waals surface area (Å²) in [6.07, 6.45) is 1.56. The van der Waals surface area contributed by atoms with Crippen LogP contribution in [0.5, 0.6) is 5.75 Å². The van der Waals surface area contributed by atoms with Crippen molar-refractivity contribution in [1.82, 2.24) is 9.88 Å². The number of carbonyl (C=O) groups excluding carboxylic acids is 1. The minimum Gasteiger partial charge on any atom is -0.492 e. The van der Waals surface area contributed by atoms with Crippen LogP contribution in [-0.2, 0) is 0 Å². The summed E-state index contributed by atoms with van der Waals surface area (Å²) in [5.74, 6) is 0.754. The number of hydrogen-bond acceptors (Lipinski definition) is 3. The number of hydrogen-bond donors (Lipinski definition) is 0. The van der Waals surface area contributed by atoms with Gasteiger partial charge < -0.3 is 9.64 Å². The molecule has 4 nitrogen and oxygen atoms in total.